The molecule has 1 aliphatic heterocycles. The summed E-state index contributed by atoms with van der Waals surface area (Å²) in [6.45, 7) is 8.26. The minimum atomic E-state index is -0.752. The summed E-state index contributed by atoms with van der Waals surface area (Å²) in [4.78, 5) is 0. The van der Waals surface area contributed by atoms with Crippen LogP contribution in [-0.2, 0) is 15.5 Å². The molecule has 1 saturated heterocycles. The molecule has 1 saturated carbocycles. The van der Waals surface area contributed by atoms with E-state index in [9.17, 15) is 4.21 Å². The molecule has 6 unspecified atom stereocenters. The first kappa shape index (κ1) is 14.5. The highest BCUT2D eigenvalue weighted by atomic mass is 32.2. The van der Waals surface area contributed by atoms with E-state index in [0.717, 1.165) is 26.0 Å². The van der Waals surface area contributed by atoms with E-state index in [-0.39, 0.29) is 11.4 Å². The third-order valence-electron chi connectivity index (χ3n) is 4.42. The minimum Gasteiger partial charge on any atom is -0.377 e. The average molecular weight is 273 g/mol. The molecule has 18 heavy (non-hydrogen) atoms. The van der Waals surface area contributed by atoms with Crippen molar-refractivity contribution in [3.8, 4) is 0 Å². The summed E-state index contributed by atoms with van der Waals surface area (Å²) >= 11 is 0. The maximum atomic E-state index is 12.8. The van der Waals surface area contributed by atoms with Gasteiger partial charge in [0.2, 0.25) is 0 Å². The van der Waals surface area contributed by atoms with Crippen molar-refractivity contribution in [3.05, 3.63) is 0 Å². The van der Waals surface area contributed by atoms with E-state index in [1.807, 2.05) is 0 Å². The lowest BCUT2D eigenvalue weighted by atomic mass is 9.87. The zero-order chi connectivity index (χ0) is 13.1. The monoisotopic (exact) mass is 273 g/mol. The molecule has 1 N–H and O–H groups in total. The van der Waals surface area contributed by atoms with Crippen LogP contribution < -0.4 is 5.32 Å². The fourth-order valence-corrected chi connectivity index (χ4v) is 5.63. The summed E-state index contributed by atoms with van der Waals surface area (Å²) in [5.41, 5.74) is 0. The summed E-state index contributed by atoms with van der Waals surface area (Å²) < 4.78 is 18.4. The molecule has 2 aliphatic rings. The Hall–Kier alpha value is 0.0700. The Morgan fingerprint density at radius 2 is 2.00 bits per heavy atom. The predicted molar refractivity (Wildman–Crippen MR) is 76.2 cm³/mol. The number of hydrogen-bond donors (Lipinski definition) is 1. The van der Waals surface area contributed by atoms with Gasteiger partial charge in [0.05, 0.1) is 16.6 Å². The van der Waals surface area contributed by atoms with Crippen molar-refractivity contribution in [2.24, 2.45) is 5.92 Å². The zero-order valence-electron chi connectivity index (χ0n) is 11.9. The molecule has 0 aromatic heterocycles. The highest BCUT2D eigenvalue weighted by Gasteiger charge is 2.39. The minimum absolute atomic E-state index is 0.172. The van der Waals surface area contributed by atoms with Crippen molar-refractivity contribution in [2.75, 3.05) is 13.2 Å². The second-order valence-corrected chi connectivity index (χ2v) is 7.72. The molecule has 2 rings (SSSR count). The van der Waals surface area contributed by atoms with Gasteiger partial charge >= 0.3 is 0 Å². The molecule has 0 amide bonds. The average Bonchev–Trinajstić information content (AvgIpc) is 2.77. The molecule has 106 valence electrons. The summed E-state index contributed by atoms with van der Waals surface area (Å²) in [6.07, 6.45) is 4.69. The van der Waals surface area contributed by atoms with Crippen LogP contribution in [-0.4, -0.2) is 40.0 Å². The van der Waals surface area contributed by atoms with E-state index >= 15 is 0 Å². The Kier molecular flexibility index (Phi) is 5.22. The van der Waals surface area contributed by atoms with E-state index in [1.165, 1.54) is 12.8 Å². The number of hydrogen-bond acceptors (Lipinski definition) is 3. The number of rotatable bonds is 4. The SMILES string of the molecule is CCNC1CCC(C)CC1S(=O)C1CCOC1C. The first-order valence-corrected chi connectivity index (χ1v) is 8.65. The van der Waals surface area contributed by atoms with Gasteiger partial charge in [-0.2, -0.15) is 0 Å². The molecular weight excluding hydrogens is 246 g/mol. The van der Waals surface area contributed by atoms with Crippen LogP contribution in [0.4, 0.5) is 0 Å². The van der Waals surface area contributed by atoms with Gasteiger partial charge in [-0.3, -0.25) is 4.21 Å². The van der Waals surface area contributed by atoms with Crippen molar-refractivity contribution in [3.63, 3.8) is 0 Å². The summed E-state index contributed by atoms with van der Waals surface area (Å²) in [5.74, 6) is 0.714. The Labute approximate surface area is 114 Å². The molecule has 1 heterocycles. The Morgan fingerprint density at radius 3 is 2.61 bits per heavy atom. The van der Waals surface area contributed by atoms with Gasteiger partial charge in [-0.1, -0.05) is 13.8 Å². The molecule has 0 aromatic carbocycles. The Bertz CT molecular complexity index is 298. The third kappa shape index (κ3) is 3.14. The third-order valence-corrected chi connectivity index (χ3v) is 6.76. The van der Waals surface area contributed by atoms with E-state index in [0.29, 0.717) is 17.2 Å². The summed E-state index contributed by atoms with van der Waals surface area (Å²) in [7, 11) is -0.752. The molecule has 2 fully saturated rings. The molecule has 4 heteroatoms. The van der Waals surface area contributed by atoms with Crippen LogP contribution in [0.5, 0.6) is 0 Å². The van der Waals surface area contributed by atoms with Crippen LogP contribution in [0.15, 0.2) is 0 Å². The van der Waals surface area contributed by atoms with E-state index < -0.39 is 10.8 Å². The van der Waals surface area contributed by atoms with Crippen LogP contribution in [0, 0.1) is 5.92 Å². The van der Waals surface area contributed by atoms with Gasteiger partial charge in [-0.25, -0.2) is 0 Å². The Balaban J connectivity index is 2.04. The molecule has 1 aliphatic carbocycles. The zero-order valence-corrected chi connectivity index (χ0v) is 12.7. The second kappa shape index (κ2) is 6.49. The van der Waals surface area contributed by atoms with E-state index in [2.05, 4.69) is 26.1 Å². The fraction of sp³-hybridized carbons (Fsp3) is 1.00. The number of ether oxygens (including phenoxy) is 1. The van der Waals surface area contributed by atoms with Gasteiger partial charge in [0.25, 0.3) is 0 Å². The fourth-order valence-electron chi connectivity index (χ4n) is 3.32. The standard InChI is InChI=1S/C14H27NO2S/c1-4-15-12-6-5-10(2)9-14(12)18(16)13-7-8-17-11(13)3/h10-15H,4-9H2,1-3H3. The van der Waals surface area contributed by atoms with Crippen molar-refractivity contribution in [1.82, 2.24) is 5.32 Å². The van der Waals surface area contributed by atoms with Crippen molar-refractivity contribution < 1.29 is 8.95 Å². The maximum Gasteiger partial charge on any atom is 0.0691 e. The highest BCUT2D eigenvalue weighted by molar-refractivity contribution is 7.86. The number of nitrogens with one attached hydrogen (secondary N) is 1. The molecule has 0 radical (unpaired) electrons. The summed E-state index contributed by atoms with van der Waals surface area (Å²) in [5, 5.41) is 4.11. The smallest absolute Gasteiger partial charge is 0.0691 e. The molecule has 3 nitrogen and oxygen atoms in total. The quantitative estimate of drug-likeness (QED) is 0.852. The predicted octanol–water partition coefficient (Wildman–Crippen LogP) is 2.08. The van der Waals surface area contributed by atoms with E-state index in [1.54, 1.807) is 0 Å². The van der Waals surface area contributed by atoms with Crippen LogP contribution in [0.3, 0.4) is 0 Å². The lowest BCUT2D eigenvalue weighted by molar-refractivity contribution is 0.126. The first-order valence-electron chi connectivity index (χ1n) is 7.37. The largest absolute Gasteiger partial charge is 0.377 e. The van der Waals surface area contributed by atoms with Crippen LogP contribution in [0.2, 0.25) is 0 Å². The lowest BCUT2D eigenvalue weighted by Gasteiger charge is -2.36. The molecule has 0 spiro atoms. The van der Waals surface area contributed by atoms with E-state index in [4.69, 9.17) is 4.74 Å². The molecule has 6 atom stereocenters. The van der Waals surface area contributed by atoms with Gasteiger partial charge in [-0.05, 0) is 45.1 Å². The van der Waals surface area contributed by atoms with Crippen molar-refractivity contribution in [1.29, 1.82) is 0 Å². The lowest BCUT2D eigenvalue weighted by Crippen LogP contribution is -2.48. The van der Waals surface area contributed by atoms with Crippen LogP contribution in [0.25, 0.3) is 0 Å². The van der Waals surface area contributed by atoms with Crippen LogP contribution >= 0.6 is 0 Å². The molecular formula is C14H27NO2S. The normalized spacial score (nSPS) is 42.9. The maximum absolute atomic E-state index is 12.8. The topological polar surface area (TPSA) is 38.3 Å². The van der Waals surface area contributed by atoms with Crippen LogP contribution in [0.1, 0.15) is 46.5 Å². The summed E-state index contributed by atoms with van der Waals surface area (Å²) in [6, 6.07) is 0.444. The van der Waals surface area contributed by atoms with Gasteiger partial charge in [0, 0.05) is 23.4 Å². The molecule has 0 aromatic rings. The van der Waals surface area contributed by atoms with Gasteiger partial charge < -0.3 is 10.1 Å². The first-order chi connectivity index (χ1) is 8.63. The molecule has 0 bridgehead atoms. The van der Waals surface area contributed by atoms with Crippen molar-refractivity contribution in [2.45, 2.75) is 69.1 Å². The van der Waals surface area contributed by atoms with Gasteiger partial charge in [0.1, 0.15) is 0 Å². The highest BCUT2D eigenvalue weighted by Crippen LogP contribution is 2.32. The van der Waals surface area contributed by atoms with Gasteiger partial charge in [0.15, 0.2) is 0 Å². The van der Waals surface area contributed by atoms with Gasteiger partial charge in [-0.15, -0.1) is 0 Å². The second-order valence-electron chi connectivity index (χ2n) is 5.85. The van der Waals surface area contributed by atoms with Crippen molar-refractivity contribution >= 4 is 10.8 Å². The Morgan fingerprint density at radius 1 is 1.22 bits per heavy atom.